The first-order valence-corrected chi connectivity index (χ1v) is 9.90. The van der Waals surface area contributed by atoms with Gasteiger partial charge in [-0.1, -0.05) is 60.7 Å². The lowest BCUT2D eigenvalue weighted by Crippen LogP contribution is -2.50. The molecule has 2 aromatic rings. The molecule has 0 saturated carbocycles. The number of piperidine rings is 1. The van der Waals surface area contributed by atoms with Crippen LogP contribution >= 0.6 is 0 Å². The van der Waals surface area contributed by atoms with Gasteiger partial charge >= 0.3 is 5.97 Å². The van der Waals surface area contributed by atoms with Gasteiger partial charge in [-0.2, -0.15) is 0 Å². The minimum Gasteiger partial charge on any atom is -0.479 e. The first-order chi connectivity index (χ1) is 13.5. The Labute approximate surface area is 166 Å². The van der Waals surface area contributed by atoms with E-state index in [0.29, 0.717) is 11.5 Å². The van der Waals surface area contributed by atoms with Gasteiger partial charge in [-0.25, -0.2) is 4.79 Å². The summed E-state index contributed by atoms with van der Waals surface area (Å²) in [7, 11) is 0. The molecule has 28 heavy (non-hydrogen) atoms. The molecule has 5 nitrogen and oxygen atoms in total. The highest BCUT2D eigenvalue weighted by molar-refractivity contribution is 5.87. The maximum absolute atomic E-state index is 12.7. The second-order valence-electron chi connectivity index (χ2n) is 7.54. The van der Waals surface area contributed by atoms with Crippen LogP contribution in [0, 0.1) is 5.92 Å². The van der Waals surface area contributed by atoms with Crippen molar-refractivity contribution in [1.29, 1.82) is 0 Å². The molecule has 0 aliphatic carbocycles. The molecule has 5 heteroatoms. The highest BCUT2D eigenvalue weighted by Gasteiger charge is 2.30. The lowest BCUT2D eigenvalue weighted by atomic mass is 9.89. The molecular weight excluding hydrogens is 352 g/mol. The van der Waals surface area contributed by atoms with E-state index in [9.17, 15) is 14.7 Å². The Bertz CT molecular complexity index is 771. The van der Waals surface area contributed by atoms with Crippen LogP contribution in [-0.4, -0.2) is 41.0 Å². The van der Waals surface area contributed by atoms with E-state index in [4.69, 9.17) is 0 Å². The lowest BCUT2D eigenvalue weighted by molar-refractivity contribution is -0.143. The number of carbonyl (C=O) groups excluding carboxylic acids is 1. The highest BCUT2D eigenvalue weighted by atomic mass is 16.4. The molecule has 1 heterocycles. The number of rotatable bonds is 7. The van der Waals surface area contributed by atoms with Gasteiger partial charge < -0.3 is 10.4 Å². The van der Waals surface area contributed by atoms with Gasteiger partial charge in [-0.3, -0.25) is 9.69 Å². The SMILES string of the molecule is CC(C(=O)N[C@@H](C(=O)O)c1ccccc1)N1CCC(Cc2ccccc2)CC1. The fourth-order valence-corrected chi connectivity index (χ4v) is 3.85. The fourth-order valence-electron chi connectivity index (χ4n) is 3.85. The monoisotopic (exact) mass is 380 g/mol. The summed E-state index contributed by atoms with van der Waals surface area (Å²) in [5.41, 5.74) is 1.94. The molecule has 1 unspecified atom stereocenters. The van der Waals surface area contributed by atoms with E-state index >= 15 is 0 Å². The first kappa shape index (κ1) is 20.1. The first-order valence-electron chi connectivity index (χ1n) is 9.90. The van der Waals surface area contributed by atoms with Crippen molar-refractivity contribution < 1.29 is 14.7 Å². The molecule has 1 amide bonds. The molecule has 2 atom stereocenters. The van der Waals surface area contributed by atoms with E-state index in [1.807, 2.05) is 19.1 Å². The summed E-state index contributed by atoms with van der Waals surface area (Å²) in [6, 6.07) is 18.0. The predicted octanol–water partition coefficient (Wildman–Crippen LogP) is 3.27. The van der Waals surface area contributed by atoms with Crippen LogP contribution < -0.4 is 5.32 Å². The van der Waals surface area contributed by atoms with Crippen LogP contribution in [0.5, 0.6) is 0 Å². The number of carboxylic acids is 1. The Hall–Kier alpha value is -2.66. The highest BCUT2D eigenvalue weighted by Crippen LogP contribution is 2.23. The van der Waals surface area contributed by atoms with Crippen LogP contribution in [0.4, 0.5) is 0 Å². The van der Waals surface area contributed by atoms with Crippen LogP contribution in [0.25, 0.3) is 0 Å². The molecule has 0 aromatic heterocycles. The molecule has 2 N–H and O–H groups in total. The van der Waals surface area contributed by atoms with Crippen LogP contribution in [0.2, 0.25) is 0 Å². The molecule has 0 spiro atoms. The van der Waals surface area contributed by atoms with Gasteiger partial charge in [-0.15, -0.1) is 0 Å². The van der Waals surface area contributed by atoms with Gasteiger partial charge in [0.25, 0.3) is 0 Å². The number of nitrogens with zero attached hydrogens (tertiary/aromatic N) is 1. The normalized spacial score (nSPS) is 17.6. The average molecular weight is 380 g/mol. The molecule has 1 aliphatic heterocycles. The number of nitrogens with one attached hydrogen (secondary N) is 1. The summed E-state index contributed by atoms with van der Waals surface area (Å²) in [6.45, 7) is 3.57. The molecule has 1 fully saturated rings. The van der Waals surface area contributed by atoms with Crippen LogP contribution in [0.3, 0.4) is 0 Å². The van der Waals surface area contributed by atoms with Gasteiger partial charge in [0.1, 0.15) is 0 Å². The van der Waals surface area contributed by atoms with Crippen LogP contribution in [0.15, 0.2) is 60.7 Å². The number of hydrogen-bond donors (Lipinski definition) is 2. The predicted molar refractivity (Wildman–Crippen MR) is 109 cm³/mol. The molecule has 0 radical (unpaired) electrons. The second kappa shape index (κ2) is 9.51. The Morgan fingerprint density at radius 2 is 1.61 bits per heavy atom. The summed E-state index contributed by atoms with van der Waals surface area (Å²) < 4.78 is 0. The Balaban J connectivity index is 1.53. The summed E-state index contributed by atoms with van der Waals surface area (Å²) >= 11 is 0. The maximum atomic E-state index is 12.7. The molecule has 148 valence electrons. The number of benzene rings is 2. The maximum Gasteiger partial charge on any atom is 0.330 e. The van der Waals surface area contributed by atoms with Crippen molar-refractivity contribution in [3.8, 4) is 0 Å². The van der Waals surface area contributed by atoms with E-state index in [0.717, 1.165) is 32.4 Å². The summed E-state index contributed by atoms with van der Waals surface area (Å²) in [5, 5.41) is 12.2. The lowest BCUT2D eigenvalue weighted by Gasteiger charge is -2.35. The smallest absolute Gasteiger partial charge is 0.330 e. The number of carbonyl (C=O) groups is 2. The van der Waals surface area contributed by atoms with Crippen molar-refractivity contribution in [2.75, 3.05) is 13.1 Å². The zero-order chi connectivity index (χ0) is 19.9. The van der Waals surface area contributed by atoms with Crippen molar-refractivity contribution in [1.82, 2.24) is 10.2 Å². The van der Waals surface area contributed by atoms with E-state index in [-0.39, 0.29) is 11.9 Å². The standard InChI is InChI=1S/C23H28N2O3/c1-17(22(26)24-21(23(27)28)20-10-6-3-7-11-20)25-14-12-19(13-15-25)16-18-8-4-2-5-9-18/h2-11,17,19,21H,12-16H2,1H3,(H,24,26)(H,27,28)/t17?,21-/m1/s1. The fraction of sp³-hybridized carbons (Fsp3) is 0.391. The zero-order valence-corrected chi connectivity index (χ0v) is 16.3. The van der Waals surface area contributed by atoms with Gasteiger partial charge in [-0.05, 0) is 56.3 Å². The number of amides is 1. The number of likely N-dealkylation sites (tertiary alicyclic amines) is 1. The Morgan fingerprint density at radius 3 is 2.18 bits per heavy atom. The van der Waals surface area contributed by atoms with E-state index < -0.39 is 12.0 Å². The Kier molecular flexibility index (Phi) is 6.82. The molecule has 0 bridgehead atoms. The van der Waals surface area contributed by atoms with E-state index in [1.165, 1.54) is 5.56 Å². The van der Waals surface area contributed by atoms with E-state index in [1.54, 1.807) is 24.3 Å². The van der Waals surface area contributed by atoms with Crippen molar-refractivity contribution in [2.24, 2.45) is 5.92 Å². The largest absolute Gasteiger partial charge is 0.479 e. The molecular formula is C23H28N2O3. The molecule has 2 aromatic carbocycles. The summed E-state index contributed by atoms with van der Waals surface area (Å²) in [5.74, 6) is -0.656. The molecule has 1 aliphatic rings. The number of hydrogen-bond acceptors (Lipinski definition) is 3. The average Bonchev–Trinajstić information content (AvgIpc) is 2.73. The van der Waals surface area contributed by atoms with Crippen LogP contribution in [0.1, 0.15) is 36.9 Å². The van der Waals surface area contributed by atoms with Crippen molar-refractivity contribution in [2.45, 2.75) is 38.3 Å². The summed E-state index contributed by atoms with van der Waals surface area (Å²) in [4.78, 5) is 26.5. The number of aliphatic carboxylic acids is 1. The minimum atomic E-state index is -1.05. The van der Waals surface area contributed by atoms with E-state index in [2.05, 4.69) is 34.5 Å². The minimum absolute atomic E-state index is 0.238. The third-order valence-electron chi connectivity index (χ3n) is 5.61. The number of carboxylic acid groups (broad SMARTS) is 1. The molecule has 1 saturated heterocycles. The topological polar surface area (TPSA) is 69.6 Å². The van der Waals surface area contributed by atoms with Crippen LogP contribution in [-0.2, 0) is 16.0 Å². The van der Waals surface area contributed by atoms with Crippen molar-refractivity contribution in [3.05, 3.63) is 71.8 Å². The van der Waals surface area contributed by atoms with Crippen molar-refractivity contribution >= 4 is 11.9 Å². The summed E-state index contributed by atoms with van der Waals surface area (Å²) in [6.07, 6.45) is 3.17. The second-order valence-corrected chi connectivity index (χ2v) is 7.54. The van der Waals surface area contributed by atoms with Gasteiger partial charge in [0.2, 0.25) is 5.91 Å². The third kappa shape index (κ3) is 5.20. The van der Waals surface area contributed by atoms with Gasteiger partial charge in [0.15, 0.2) is 6.04 Å². The Morgan fingerprint density at radius 1 is 1.04 bits per heavy atom. The quantitative estimate of drug-likeness (QED) is 0.773. The molecule has 3 rings (SSSR count). The van der Waals surface area contributed by atoms with Crippen molar-refractivity contribution in [3.63, 3.8) is 0 Å². The van der Waals surface area contributed by atoms with Gasteiger partial charge in [0.05, 0.1) is 6.04 Å². The van der Waals surface area contributed by atoms with Gasteiger partial charge in [0, 0.05) is 0 Å². The third-order valence-corrected chi connectivity index (χ3v) is 5.61. The zero-order valence-electron chi connectivity index (χ0n) is 16.3.